The molecule has 2 N–H and O–H groups in total. The van der Waals surface area contributed by atoms with Crippen molar-refractivity contribution < 1.29 is 24.5 Å². The van der Waals surface area contributed by atoms with Crippen LogP contribution in [-0.2, 0) is 14.3 Å². The van der Waals surface area contributed by atoms with E-state index in [-0.39, 0.29) is 47.1 Å². The standard InChI is InChI=1S/C22H38O5/c1-8-14-18-13(11-17(23)20(24)15(18)9-2)10-16(19(14)21(25)26-7)12(3)27-22(4,5)6/h13-20,23-24H,3,8-11H2,1-2,4-7H3/t13?,14?,15?,16?,17?,18?,19-,20?/m0/s1. The number of rotatable bonds is 5. The van der Waals surface area contributed by atoms with E-state index in [4.69, 9.17) is 9.47 Å². The minimum Gasteiger partial charge on any atom is -0.493 e. The Morgan fingerprint density at radius 2 is 1.70 bits per heavy atom. The van der Waals surface area contributed by atoms with Crippen LogP contribution in [0.25, 0.3) is 0 Å². The van der Waals surface area contributed by atoms with Gasteiger partial charge in [0, 0.05) is 5.92 Å². The first-order valence-electron chi connectivity index (χ1n) is 10.4. The Balaban J connectivity index is 2.42. The van der Waals surface area contributed by atoms with Crippen molar-refractivity contribution in [1.82, 2.24) is 0 Å². The van der Waals surface area contributed by atoms with Gasteiger partial charge in [0.15, 0.2) is 0 Å². The third-order valence-corrected chi connectivity index (χ3v) is 6.63. The average Bonchev–Trinajstić information content (AvgIpc) is 2.59. The zero-order chi connectivity index (χ0) is 20.5. The highest BCUT2D eigenvalue weighted by molar-refractivity contribution is 5.73. The number of allylic oxidation sites excluding steroid dienone is 1. The maximum Gasteiger partial charge on any atom is 0.309 e. The minimum absolute atomic E-state index is 0.00592. The van der Waals surface area contributed by atoms with Crippen molar-refractivity contribution in [2.24, 2.45) is 35.5 Å². The molecule has 0 amide bonds. The van der Waals surface area contributed by atoms with Crippen molar-refractivity contribution >= 4 is 5.97 Å². The fourth-order valence-corrected chi connectivity index (χ4v) is 5.72. The van der Waals surface area contributed by atoms with Crippen molar-refractivity contribution in [3.8, 4) is 0 Å². The van der Waals surface area contributed by atoms with E-state index in [9.17, 15) is 15.0 Å². The molecule has 0 aromatic rings. The quantitative estimate of drug-likeness (QED) is 0.562. The van der Waals surface area contributed by atoms with Gasteiger partial charge in [-0.05, 0) is 57.3 Å². The summed E-state index contributed by atoms with van der Waals surface area (Å²) in [6.45, 7) is 14.2. The van der Waals surface area contributed by atoms with E-state index in [1.54, 1.807) is 0 Å². The summed E-state index contributed by atoms with van der Waals surface area (Å²) < 4.78 is 11.2. The summed E-state index contributed by atoms with van der Waals surface area (Å²) in [4.78, 5) is 12.8. The number of aliphatic hydroxyl groups excluding tert-OH is 2. The van der Waals surface area contributed by atoms with Crippen LogP contribution in [0.3, 0.4) is 0 Å². The van der Waals surface area contributed by atoms with Crippen molar-refractivity contribution in [3.05, 3.63) is 12.3 Å². The van der Waals surface area contributed by atoms with Crippen LogP contribution in [0.1, 0.15) is 60.3 Å². The zero-order valence-corrected chi connectivity index (χ0v) is 17.8. The van der Waals surface area contributed by atoms with Crippen LogP contribution in [-0.4, -0.2) is 41.1 Å². The first-order valence-corrected chi connectivity index (χ1v) is 10.4. The monoisotopic (exact) mass is 382 g/mol. The molecule has 0 aromatic carbocycles. The molecule has 2 aliphatic carbocycles. The van der Waals surface area contributed by atoms with Gasteiger partial charge in [0.2, 0.25) is 0 Å². The van der Waals surface area contributed by atoms with E-state index >= 15 is 0 Å². The van der Waals surface area contributed by atoms with E-state index < -0.39 is 12.2 Å². The lowest BCUT2D eigenvalue weighted by molar-refractivity contribution is -0.168. The normalized spacial score (nSPS) is 39.4. The maximum absolute atomic E-state index is 12.8. The molecule has 5 heteroatoms. The van der Waals surface area contributed by atoms with Crippen LogP contribution in [0.2, 0.25) is 0 Å². The highest BCUT2D eigenvalue weighted by Crippen LogP contribution is 2.55. The third kappa shape index (κ3) is 4.51. The second-order valence-electron chi connectivity index (χ2n) is 9.35. The Labute approximate surface area is 164 Å². The number of hydrogen-bond acceptors (Lipinski definition) is 5. The fourth-order valence-electron chi connectivity index (χ4n) is 5.72. The van der Waals surface area contributed by atoms with Gasteiger partial charge in [0.05, 0.1) is 31.0 Å². The summed E-state index contributed by atoms with van der Waals surface area (Å²) in [6, 6.07) is 0. The Morgan fingerprint density at radius 3 is 2.19 bits per heavy atom. The van der Waals surface area contributed by atoms with Gasteiger partial charge >= 0.3 is 5.97 Å². The number of methoxy groups -OCH3 is 1. The van der Waals surface area contributed by atoms with Gasteiger partial charge in [0.1, 0.15) is 5.60 Å². The average molecular weight is 383 g/mol. The summed E-state index contributed by atoms with van der Waals surface area (Å²) in [5.41, 5.74) is -0.384. The van der Waals surface area contributed by atoms with Crippen molar-refractivity contribution in [2.75, 3.05) is 7.11 Å². The van der Waals surface area contributed by atoms with E-state index in [0.717, 1.165) is 19.3 Å². The number of aliphatic hydroxyl groups is 2. The van der Waals surface area contributed by atoms with Crippen molar-refractivity contribution in [3.63, 3.8) is 0 Å². The lowest BCUT2D eigenvalue weighted by Crippen LogP contribution is -2.55. The topological polar surface area (TPSA) is 76.0 Å². The SMILES string of the molecule is C=C(OC(C)(C)C)C1CC2CC(O)C(O)C(CC)C2C(CC)[C@@H]1C(=O)OC. The molecule has 0 heterocycles. The third-order valence-electron chi connectivity index (χ3n) is 6.63. The molecule has 2 rings (SSSR count). The van der Waals surface area contributed by atoms with Gasteiger partial charge in [0.25, 0.3) is 0 Å². The Hall–Kier alpha value is -1.07. The van der Waals surface area contributed by atoms with Crippen molar-refractivity contribution in [2.45, 2.75) is 78.1 Å². The first-order chi connectivity index (χ1) is 12.6. The molecule has 0 spiro atoms. The molecule has 0 bridgehead atoms. The number of esters is 1. The predicted molar refractivity (Wildman–Crippen MR) is 105 cm³/mol. The molecular weight excluding hydrogens is 344 g/mol. The minimum atomic E-state index is -0.728. The molecule has 2 fully saturated rings. The summed E-state index contributed by atoms with van der Waals surface area (Å²) in [5, 5.41) is 21.0. The van der Waals surface area contributed by atoms with Crippen LogP contribution in [0.5, 0.6) is 0 Å². The Bertz CT molecular complexity index is 537. The Kier molecular flexibility index (Phi) is 7.01. The molecule has 8 atom stereocenters. The zero-order valence-electron chi connectivity index (χ0n) is 17.8. The number of fused-ring (bicyclic) bond motifs is 1. The van der Waals surface area contributed by atoms with E-state index in [0.29, 0.717) is 12.2 Å². The molecule has 5 nitrogen and oxygen atoms in total. The van der Waals surface area contributed by atoms with Crippen LogP contribution >= 0.6 is 0 Å². The molecule has 0 aromatic heterocycles. The summed E-state index contributed by atoms with van der Waals surface area (Å²) in [6.07, 6.45) is 1.46. The second kappa shape index (κ2) is 8.52. The largest absolute Gasteiger partial charge is 0.493 e. The van der Waals surface area contributed by atoms with E-state index in [1.165, 1.54) is 7.11 Å². The van der Waals surface area contributed by atoms with Gasteiger partial charge in [-0.25, -0.2) is 0 Å². The molecule has 2 saturated carbocycles. The van der Waals surface area contributed by atoms with E-state index in [1.807, 2.05) is 20.8 Å². The lowest BCUT2D eigenvalue weighted by atomic mass is 9.52. The molecule has 0 aliphatic heterocycles. The number of hydrogen-bond donors (Lipinski definition) is 2. The smallest absolute Gasteiger partial charge is 0.309 e. The van der Waals surface area contributed by atoms with Crippen LogP contribution in [0.4, 0.5) is 0 Å². The summed E-state index contributed by atoms with van der Waals surface area (Å²) in [7, 11) is 1.43. The highest BCUT2D eigenvalue weighted by atomic mass is 16.5. The lowest BCUT2D eigenvalue weighted by Gasteiger charge is -2.54. The predicted octanol–water partition coefficient (Wildman–Crippen LogP) is 3.53. The van der Waals surface area contributed by atoms with Crippen LogP contribution < -0.4 is 0 Å². The first kappa shape index (κ1) is 22.2. The number of carbonyl (C=O) groups is 1. The van der Waals surface area contributed by atoms with Crippen LogP contribution in [0, 0.1) is 35.5 Å². The fraction of sp³-hybridized carbons (Fsp3) is 0.864. The highest BCUT2D eigenvalue weighted by Gasteiger charge is 2.55. The van der Waals surface area contributed by atoms with Crippen molar-refractivity contribution in [1.29, 1.82) is 0 Å². The summed E-state index contributed by atoms with van der Waals surface area (Å²) >= 11 is 0. The molecule has 0 saturated heterocycles. The van der Waals surface area contributed by atoms with Crippen LogP contribution in [0.15, 0.2) is 12.3 Å². The van der Waals surface area contributed by atoms with Gasteiger partial charge in [-0.2, -0.15) is 0 Å². The number of carbonyl (C=O) groups excluding carboxylic acids is 1. The number of ether oxygens (including phenoxy) is 2. The van der Waals surface area contributed by atoms with Gasteiger partial charge in [-0.15, -0.1) is 0 Å². The van der Waals surface area contributed by atoms with E-state index in [2.05, 4.69) is 20.4 Å². The molecule has 2 aliphatic rings. The molecule has 7 unspecified atom stereocenters. The van der Waals surface area contributed by atoms with Gasteiger partial charge in [-0.1, -0.05) is 33.3 Å². The van der Waals surface area contributed by atoms with Gasteiger partial charge < -0.3 is 19.7 Å². The molecular formula is C22H38O5. The molecule has 0 radical (unpaired) electrons. The second-order valence-corrected chi connectivity index (χ2v) is 9.35. The molecule has 156 valence electrons. The summed E-state index contributed by atoms with van der Waals surface area (Å²) in [5.74, 6) is 0.450. The molecule has 27 heavy (non-hydrogen) atoms. The van der Waals surface area contributed by atoms with Gasteiger partial charge in [-0.3, -0.25) is 4.79 Å². The maximum atomic E-state index is 12.8. The Morgan fingerprint density at radius 1 is 1.11 bits per heavy atom.